The van der Waals surface area contributed by atoms with Crippen molar-refractivity contribution in [3.05, 3.63) is 28.8 Å². The predicted molar refractivity (Wildman–Crippen MR) is 69.4 cm³/mol. The molecule has 1 saturated heterocycles. The lowest BCUT2D eigenvalue weighted by atomic mass is 9.88. The largest absolute Gasteiger partial charge is 0.399 e. The number of aliphatic hydroxyl groups is 1. The van der Waals surface area contributed by atoms with E-state index in [-0.39, 0.29) is 5.91 Å². The van der Waals surface area contributed by atoms with E-state index in [1.54, 1.807) is 23.1 Å². The number of likely N-dealkylation sites (tertiary alicyclic amines) is 1. The molecular weight excluding hydrogens is 252 g/mol. The average molecular weight is 267 g/mol. The molecule has 1 aliphatic carbocycles. The molecule has 18 heavy (non-hydrogen) atoms. The highest BCUT2D eigenvalue weighted by atomic mass is 35.5. The third-order valence-corrected chi connectivity index (χ3v) is 4.09. The number of benzene rings is 1. The molecule has 0 unspecified atom stereocenters. The number of β-amino-alcohol motifs (C(OH)–C–C–N with tert-alkyl or cyclic N) is 1. The molecule has 0 bridgehead atoms. The minimum Gasteiger partial charge on any atom is -0.399 e. The van der Waals surface area contributed by atoms with Crippen LogP contribution < -0.4 is 5.73 Å². The normalized spacial score (nSPS) is 21.6. The molecule has 1 aliphatic heterocycles. The van der Waals surface area contributed by atoms with Crippen LogP contribution in [0.3, 0.4) is 0 Å². The lowest BCUT2D eigenvalue weighted by Gasteiger charge is -2.47. The minimum absolute atomic E-state index is 0.134. The highest BCUT2D eigenvalue weighted by Gasteiger charge is 2.53. The van der Waals surface area contributed by atoms with Gasteiger partial charge >= 0.3 is 0 Å². The number of rotatable bonds is 2. The highest BCUT2D eigenvalue weighted by Crippen LogP contribution is 2.44. The number of carbonyl (C=O) groups excluding carboxylic acids is 1. The predicted octanol–water partition coefficient (Wildman–Crippen LogP) is 1.52. The number of nitrogens with zero attached hydrogens (tertiary/aromatic N) is 1. The zero-order valence-electron chi connectivity index (χ0n) is 9.90. The Bertz CT molecular complexity index is 508. The second-order valence-corrected chi connectivity index (χ2v) is 5.69. The second-order valence-electron chi connectivity index (χ2n) is 5.28. The first kappa shape index (κ1) is 11.8. The molecule has 0 aromatic heterocycles. The third kappa shape index (κ3) is 1.85. The standard InChI is InChI=1S/C13H15ClN2O2/c14-11-5-9(15)3-4-10(11)12(17)16-6-13(18,7-16)8-1-2-8/h3-5,8,18H,1-2,6-7,15H2. The summed E-state index contributed by atoms with van der Waals surface area (Å²) >= 11 is 6.01. The highest BCUT2D eigenvalue weighted by molar-refractivity contribution is 6.34. The Hall–Kier alpha value is -1.26. The molecule has 0 spiro atoms. The second kappa shape index (κ2) is 3.87. The molecule has 5 heteroatoms. The van der Waals surface area contributed by atoms with Crippen LogP contribution in [-0.2, 0) is 0 Å². The summed E-state index contributed by atoms with van der Waals surface area (Å²) in [5.41, 5.74) is 5.92. The molecule has 4 nitrogen and oxygen atoms in total. The summed E-state index contributed by atoms with van der Waals surface area (Å²) in [5, 5.41) is 10.5. The zero-order chi connectivity index (χ0) is 12.9. The lowest BCUT2D eigenvalue weighted by Crippen LogP contribution is -2.64. The Morgan fingerprint density at radius 2 is 2.11 bits per heavy atom. The lowest BCUT2D eigenvalue weighted by molar-refractivity contribution is -0.0958. The first-order valence-electron chi connectivity index (χ1n) is 6.06. The number of halogens is 1. The van der Waals surface area contributed by atoms with Crippen molar-refractivity contribution in [2.24, 2.45) is 5.92 Å². The van der Waals surface area contributed by atoms with Gasteiger partial charge in [-0.3, -0.25) is 4.79 Å². The summed E-state index contributed by atoms with van der Waals surface area (Å²) in [5.74, 6) is 0.244. The maximum atomic E-state index is 12.2. The third-order valence-electron chi connectivity index (χ3n) is 3.78. The molecule has 0 radical (unpaired) electrons. The molecule has 1 aromatic rings. The van der Waals surface area contributed by atoms with E-state index in [2.05, 4.69) is 0 Å². The summed E-state index contributed by atoms with van der Waals surface area (Å²) < 4.78 is 0. The molecule has 1 heterocycles. The summed E-state index contributed by atoms with van der Waals surface area (Å²) in [7, 11) is 0. The van der Waals surface area contributed by atoms with E-state index in [1.165, 1.54) is 0 Å². The van der Waals surface area contributed by atoms with Gasteiger partial charge in [0.1, 0.15) is 5.60 Å². The van der Waals surface area contributed by atoms with E-state index in [0.29, 0.717) is 35.3 Å². The van der Waals surface area contributed by atoms with Crippen LogP contribution in [0.25, 0.3) is 0 Å². The zero-order valence-corrected chi connectivity index (χ0v) is 10.7. The number of nitrogens with two attached hydrogens (primary N) is 1. The van der Waals surface area contributed by atoms with Gasteiger partial charge in [-0.05, 0) is 37.0 Å². The monoisotopic (exact) mass is 266 g/mol. The number of carbonyl (C=O) groups is 1. The van der Waals surface area contributed by atoms with Crippen LogP contribution in [-0.4, -0.2) is 34.6 Å². The Morgan fingerprint density at radius 1 is 1.44 bits per heavy atom. The van der Waals surface area contributed by atoms with Gasteiger partial charge in [-0.2, -0.15) is 0 Å². The van der Waals surface area contributed by atoms with E-state index in [9.17, 15) is 9.90 Å². The van der Waals surface area contributed by atoms with Crippen molar-refractivity contribution in [2.75, 3.05) is 18.8 Å². The summed E-state index contributed by atoms with van der Waals surface area (Å²) in [6.07, 6.45) is 2.14. The Morgan fingerprint density at radius 3 is 2.67 bits per heavy atom. The van der Waals surface area contributed by atoms with Gasteiger partial charge in [-0.15, -0.1) is 0 Å². The average Bonchev–Trinajstić information content (AvgIpc) is 3.08. The van der Waals surface area contributed by atoms with Crippen LogP contribution in [0.1, 0.15) is 23.2 Å². The van der Waals surface area contributed by atoms with Gasteiger partial charge in [-0.1, -0.05) is 11.6 Å². The van der Waals surface area contributed by atoms with Crippen molar-refractivity contribution in [2.45, 2.75) is 18.4 Å². The number of nitrogen functional groups attached to an aromatic ring is 1. The van der Waals surface area contributed by atoms with E-state index in [1.807, 2.05) is 0 Å². The van der Waals surface area contributed by atoms with Crippen LogP contribution in [0.2, 0.25) is 5.02 Å². The van der Waals surface area contributed by atoms with E-state index in [0.717, 1.165) is 12.8 Å². The molecule has 3 rings (SSSR count). The summed E-state index contributed by atoms with van der Waals surface area (Å²) in [6.45, 7) is 0.828. The topological polar surface area (TPSA) is 66.6 Å². The molecule has 1 aromatic carbocycles. The molecular formula is C13H15ClN2O2. The number of amides is 1. The van der Waals surface area contributed by atoms with Crippen LogP contribution in [0.15, 0.2) is 18.2 Å². The van der Waals surface area contributed by atoms with Crippen molar-refractivity contribution < 1.29 is 9.90 Å². The van der Waals surface area contributed by atoms with Crippen LogP contribution in [0.4, 0.5) is 5.69 Å². The van der Waals surface area contributed by atoms with Crippen molar-refractivity contribution in [1.29, 1.82) is 0 Å². The maximum absolute atomic E-state index is 12.2. The first-order chi connectivity index (χ1) is 8.49. The van der Waals surface area contributed by atoms with Gasteiger partial charge in [-0.25, -0.2) is 0 Å². The quantitative estimate of drug-likeness (QED) is 0.798. The number of anilines is 1. The van der Waals surface area contributed by atoms with E-state index < -0.39 is 5.60 Å². The van der Waals surface area contributed by atoms with Gasteiger partial charge in [0.2, 0.25) is 0 Å². The fourth-order valence-corrected chi connectivity index (χ4v) is 2.78. The van der Waals surface area contributed by atoms with Crippen LogP contribution in [0.5, 0.6) is 0 Å². The molecule has 0 atom stereocenters. The fraction of sp³-hybridized carbons (Fsp3) is 0.462. The fourth-order valence-electron chi connectivity index (χ4n) is 2.51. The number of hydrogen-bond donors (Lipinski definition) is 2. The Labute approximate surface area is 110 Å². The Kier molecular flexibility index (Phi) is 2.54. The van der Waals surface area contributed by atoms with Crippen molar-refractivity contribution >= 4 is 23.2 Å². The van der Waals surface area contributed by atoms with Crippen LogP contribution >= 0.6 is 11.6 Å². The number of hydrogen-bond acceptors (Lipinski definition) is 3. The van der Waals surface area contributed by atoms with Gasteiger partial charge in [0.25, 0.3) is 5.91 Å². The van der Waals surface area contributed by atoms with Gasteiger partial charge in [0.15, 0.2) is 0 Å². The Balaban J connectivity index is 1.72. The summed E-state index contributed by atoms with van der Waals surface area (Å²) in [6, 6.07) is 4.86. The molecule has 96 valence electrons. The molecule has 1 saturated carbocycles. The molecule has 1 amide bonds. The molecule has 2 aliphatic rings. The van der Waals surface area contributed by atoms with Gasteiger partial charge in [0.05, 0.1) is 23.7 Å². The van der Waals surface area contributed by atoms with Gasteiger partial charge < -0.3 is 15.7 Å². The molecule has 2 fully saturated rings. The van der Waals surface area contributed by atoms with E-state index >= 15 is 0 Å². The van der Waals surface area contributed by atoms with E-state index in [4.69, 9.17) is 17.3 Å². The van der Waals surface area contributed by atoms with Crippen molar-refractivity contribution in [3.8, 4) is 0 Å². The van der Waals surface area contributed by atoms with Gasteiger partial charge in [0, 0.05) is 5.69 Å². The first-order valence-corrected chi connectivity index (χ1v) is 6.44. The smallest absolute Gasteiger partial charge is 0.255 e. The summed E-state index contributed by atoms with van der Waals surface area (Å²) in [4.78, 5) is 13.8. The maximum Gasteiger partial charge on any atom is 0.255 e. The van der Waals surface area contributed by atoms with Crippen molar-refractivity contribution in [1.82, 2.24) is 4.90 Å². The van der Waals surface area contributed by atoms with Crippen molar-refractivity contribution in [3.63, 3.8) is 0 Å². The SMILES string of the molecule is Nc1ccc(C(=O)N2CC(O)(C3CC3)C2)c(Cl)c1. The minimum atomic E-state index is -0.657. The molecule has 3 N–H and O–H groups in total. The van der Waals surface area contributed by atoms with Crippen LogP contribution in [0, 0.1) is 5.92 Å².